The second kappa shape index (κ2) is 40.9. The van der Waals surface area contributed by atoms with Crippen molar-refractivity contribution in [3.05, 3.63) is 146 Å². The smallest absolute Gasteiger partial charge is 0.459 e. The van der Waals surface area contributed by atoms with Crippen molar-refractivity contribution in [1.82, 2.24) is 0 Å². The molecule has 0 aromatic heterocycles. The zero-order valence-electron chi connectivity index (χ0n) is 53.4. The minimum atomic E-state index is -3.80. The van der Waals surface area contributed by atoms with Crippen molar-refractivity contribution >= 4 is 66.9 Å². The van der Waals surface area contributed by atoms with Gasteiger partial charge in [-0.25, -0.2) is 33.3 Å². The molecule has 0 saturated heterocycles. The molecule has 0 aliphatic heterocycles. The van der Waals surface area contributed by atoms with Crippen LogP contribution in [0.4, 0.5) is 41.9 Å². The lowest BCUT2D eigenvalue weighted by atomic mass is 9.75. The van der Waals surface area contributed by atoms with E-state index in [9.17, 15) is 33.3 Å². The van der Waals surface area contributed by atoms with Crippen molar-refractivity contribution < 1.29 is 75.3 Å². The molecule has 0 bridgehead atoms. The van der Waals surface area contributed by atoms with E-state index in [4.69, 9.17) is 42.0 Å². The first kappa shape index (κ1) is 76.6. The van der Waals surface area contributed by atoms with Gasteiger partial charge in [0.1, 0.15) is 26.4 Å². The first-order valence-electron chi connectivity index (χ1n) is 29.6. The Kier molecular flexibility index (Phi) is 35.6. The van der Waals surface area contributed by atoms with Crippen LogP contribution in [0.25, 0.3) is 0 Å². The zero-order chi connectivity index (χ0) is 65.7. The normalized spacial score (nSPS) is 14.1. The van der Waals surface area contributed by atoms with Crippen LogP contribution in [0.1, 0.15) is 130 Å². The number of carbonyl (C=O) groups excluding carboxylic acids is 6. The molecule has 0 fully saturated rings. The topological polar surface area (TPSA) is 251 Å². The Morgan fingerprint density at radius 1 is 0.534 bits per heavy atom. The molecule has 5 unspecified atom stereocenters. The van der Waals surface area contributed by atoms with Crippen LogP contribution in [0.2, 0.25) is 0 Å². The van der Waals surface area contributed by atoms with Gasteiger partial charge in [0.15, 0.2) is 0 Å². The molecule has 0 radical (unpaired) electrons. The van der Waals surface area contributed by atoms with Gasteiger partial charge in [0.2, 0.25) is 0 Å². The number of rotatable bonds is 43. The van der Waals surface area contributed by atoms with Crippen molar-refractivity contribution in [3.63, 3.8) is 0 Å². The number of benzene rings is 2. The van der Waals surface area contributed by atoms with Gasteiger partial charge in [-0.1, -0.05) is 86.8 Å². The number of phosphoric ester groups is 1. The fourth-order valence-electron chi connectivity index (χ4n) is 9.07. The van der Waals surface area contributed by atoms with Gasteiger partial charge in [0.05, 0.1) is 26.4 Å². The highest BCUT2D eigenvalue weighted by atomic mass is 31.2. The fourth-order valence-corrected chi connectivity index (χ4v) is 10.0. The quantitative estimate of drug-likeness (QED) is 0.0120. The molecule has 20 nitrogen and oxygen atoms in total. The molecule has 2 aromatic carbocycles. The third-order valence-corrected chi connectivity index (χ3v) is 16.1. The molecule has 5 atom stereocenters. The van der Waals surface area contributed by atoms with Crippen LogP contribution in [0.5, 0.6) is 0 Å². The van der Waals surface area contributed by atoms with Gasteiger partial charge >= 0.3 is 44.1 Å². The van der Waals surface area contributed by atoms with Gasteiger partial charge in [-0.05, 0) is 189 Å². The van der Waals surface area contributed by atoms with E-state index in [-0.39, 0.29) is 75.5 Å². The highest BCUT2D eigenvalue weighted by molar-refractivity contribution is 7.48. The SMILES string of the molecule is C=CC(=O)OCCOC(=O)Nc1ccc(NC(=O)OCCC/C(C)=C/CCC(C)(C=C)CC(CCOP(=O)(OC)OCCC/C(C)=C/CCC(C)(C=C)CC(CCOC(=O)Nc2ccc(NC(=O)OCCOC(=O)C=C)c(C)c2)C(=C)C)C(=C)C)cc1C. The summed E-state index contributed by atoms with van der Waals surface area (Å²) in [5.74, 6) is -1.08. The standard InChI is InChI=1S/C67H97N4O16P/c1-16-60(72)80-40-42-84-64(76)70-58-30-28-56(44-52(58)11)68-62(74)82-36-22-26-50(9)24-20-35-67(14,19-4)47-55(49(7)8)33-39-87-88(78,79-15)86-37-23-27-51(10)25-21-34-66(13,18-3)46-54(48(5)6)32-38-83-63(75)69-57-29-31-59(53(12)45-57)71-65(77)85-43-41-81-61(73)17-2/h16-19,24-25,28-31,44-45,54-55H,1-5,7,20-23,26-27,32-43,46-47H2,6,8-15H3,(H,68,74)(H,69,75)(H,70,76)(H,71,77)/b50-24+,51-25+. The minimum Gasteiger partial charge on any atom is -0.459 e. The van der Waals surface area contributed by atoms with Crippen LogP contribution in [0.15, 0.2) is 135 Å². The third-order valence-electron chi connectivity index (χ3n) is 14.6. The summed E-state index contributed by atoms with van der Waals surface area (Å²) in [6.07, 6.45) is 16.6. The highest BCUT2D eigenvalue weighted by Gasteiger charge is 2.29. The number of hydrogen-bond acceptors (Lipinski definition) is 16. The second-order valence-electron chi connectivity index (χ2n) is 22.3. The van der Waals surface area contributed by atoms with Crippen molar-refractivity contribution in [2.45, 2.75) is 132 Å². The van der Waals surface area contributed by atoms with E-state index < -0.39 is 44.1 Å². The zero-order valence-corrected chi connectivity index (χ0v) is 54.3. The van der Waals surface area contributed by atoms with Crippen molar-refractivity contribution in [2.24, 2.45) is 22.7 Å². The number of carbonyl (C=O) groups is 6. The number of hydrogen-bond donors (Lipinski definition) is 4. The van der Waals surface area contributed by atoms with E-state index in [2.05, 4.69) is 101 Å². The summed E-state index contributed by atoms with van der Waals surface area (Å²) in [5, 5.41) is 10.7. The number of aryl methyl sites for hydroxylation is 2. The molecule has 4 N–H and O–H groups in total. The lowest BCUT2D eigenvalue weighted by Crippen LogP contribution is -2.21. The average molecular weight is 1250 g/mol. The molecular formula is C67H97N4O16P. The maximum Gasteiger partial charge on any atom is 0.474 e. The number of anilines is 4. The maximum absolute atomic E-state index is 13.5. The fraction of sp³-hybridized carbons (Fsp3) is 0.493. The Morgan fingerprint density at radius 3 is 1.31 bits per heavy atom. The molecule has 4 amide bonds. The summed E-state index contributed by atoms with van der Waals surface area (Å²) in [6.45, 7) is 39.7. The van der Waals surface area contributed by atoms with Crippen LogP contribution in [0, 0.1) is 36.5 Å². The number of amides is 4. The van der Waals surface area contributed by atoms with Gasteiger partial charge < -0.3 is 28.4 Å². The summed E-state index contributed by atoms with van der Waals surface area (Å²) < 4.78 is 60.9. The van der Waals surface area contributed by atoms with E-state index in [1.54, 1.807) is 50.2 Å². The first-order valence-corrected chi connectivity index (χ1v) is 31.1. The van der Waals surface area contributed by atoms with Crippen LogP contribution in [-0.2, 0) is 56.1 Å². The average Bonchev–Trinajstić information content (AvgIpc) is 3.54. The Bertz CT molecular complexity index is 2810. The molecule has 0 aliphatic rings. The third kappa shape index (κ3) is 31.9. The summed E-state index contributed by atoms with van der Waals surface area (Å²) in [7, 11) is -2.48. The maximum atomic E-state index is 13.5. The Morgan fingerprint density at radius 2 is 0.909 bits per heavy atom. The van der Waals surface area contributed by atoms with Crippen LogP contribution < -0.4 is 21.3 Å². The molecule has 2 aromatic rings. The van der Waals surface area contributed by atoms with Crippen LogP contribution in [-0.4, -0.2) is 96.3 Å². The van der Waals surface area contributed by atoms with Crippen molar-refractivity contribution in [1.29, 1.82) is 0 Å². The van der Waals surface area contributed by atoms with E-state index in [0.717, 1.165) is 74.7 Å². The minimum absolute atomic E-state index is 0.0675. The molecule has 21 heteroatoms. The molecule has 0 heterocycles. The molecule has 0 spiro atoms. The van der Waals surface area contributed by atoms with Crippen molar-refractivity contribution in [3.8, 4) is 0 Å². The van der Waals surface area contributed by atoms with Gasteiger partial charge in [-0.2, -0.15) is 0 Å². The van der Waals surface area contributed by atoms with Crippen LogP contribution in [0.3, 0.4) is 0 Å². The Balaban J connectivity index is 1.74. The van der Waals surface area contributed by atoms with Gasteiger partial charge in [0.25, 0.3) is 0 Å². The Hall–Kier alpha value is -7.51. The molecule has 88 heavy (non-hydrogen) atoms. The van der Waals surface area contributed by atoms with Crippen molar-refractivity contribution in [2.75, 3.05) is 81.2 Å². The first-order chi connectivity index (χ1) is 41.7. The second-order valence-corrected chi connectivity index (χ2v) is 24.1. The van der Waals surface area contributed by atoms with E-state index in [1.807, 2.05) is 26.0 Å². The molecule has 0 saturated carbocycles. The number of esters is 2. The highest BCUT2D eigenvalue weighted by Crippen LogP contribution is 2.49. The summed E-state index contributed by atoms with van der Waals surface area (Å²) in [5.41, 5.74) is 7.21. The lowest BCUT2D eigenvalue weighted by Gasteiger charge is -2.31. The lowest BCUT2D eigenvalue weighted by molar-refractivity contribution is -0.139. The van der Waals surface area contributed by atoms with Gasteiger partial charge in [0, 0.05) is 42.0 Å². The monoisotopic (exact) mass is 1240 g/mol. The van der Waals surface area contributed by atoms with E-state index >= 15 is 0 Å². The molecule has 2 rings (SSSR count). The van der Waals surface area contributed by atoms with E-state index in [0.29, 0.717) is 59.6 Å². The van der Waals surface area contributed by atoms with Gasteiger partial charge in [-0.3, -0.25) is 34.8 Å². The summed E-state index contributed by atoms with van der Waals surface area (Å²) in [6, 6.07) is 9.89. The number of ether oxygens (including phenoxy) is 6. The largest absolute Gasteiger partial charge is 0.474 e. The molecular weight excluding hydrogens is 1150 g/mol. The van der Waals surface area contributed by atoms with Crippen LogP contribution >= 0.6 is 7.82 Å². The number of phosphoric acid groups is 1. The van der Waals surface area contributed by atoms with Gasteiger partial charge in [-0.15, -0.1) is 13.2 Å². The number of allylic oxidation sites excluding steroid dienone is 8. The van der Waals surface area contributed by atoms with E-state index in [1.165, 1.54) is 18.3 Å². The predicted octanol–water partition coefficient (Wildman–Crippen LogP) is 16.8. The number of nitrogens with one attached hydrogen (secondary N) is 4. The Labute approximate surface area is 522 Å². The summed E-state index contributed by atoms with van der Waals surface area (Å²) in [4.78, 5) is 71.8. The molecule has 486 valence electrons. The predicted molar refractivity (Wildman–Crippen MR) is 347 cm³/mol. The summed E-state index contributed by atoms with van der Waals surface area (Å²) >= 11 is 0. The molecule has 0 aliphatic carbocycles.